The maximum absolute atomic E-state index is 14.1. The van der Waals surface area contributed by atoms with Crippen molar-refractivity contribution in [3.8, 4) is 6.07 Å². The van der Waals surface area contributed by atoms with Crippen LogP contribution in [0.15, 0.2) is 30.5 Å². The molecule has 1 aromatic heterocycles. The Morgan fingerprint density at radius 1 is 1.08 bits per heavy atom. The smallest absolute Gasteiger partial charge is 0.330 e. The van der Waals surface area contributed by atoms with Crippen molar-refractivity contribution in [1.29, 1.82) is 5.26 Å². The Bertz CT molecular complexity index is 1370. The number of rotatable bonds is 3. The van der Waals surface area contributed by atoms with Crippen LogP contribution in [0.3, 0.4) is 0 Å². The lowest BCUT2D eigenvalue weighted by Gasteiger charge is -2.38. The van der Waals surface area contributed by atoms with Gasteiger partial charge in [-0.05, 0) is 30.7 Å². The number of urea groups is 1. The monoisotopic (exact) mass is 515 g/mol. The molecule has 4 amide bonds. The molecule has 4 heterocycles. The number of nitrogens with zero attached hydrogens (tertiary/aromatic N) is 5. The van der Waals surface area contributed by atoms with Gasteiger partial charge in [-0.25, -0.2) is 9.69 Å². The molecule has 2 aromatic rings. The molecule has 0 aliphatic carbocycles. The lowest BCUT2D eigenvalue weighted by molar-refractivity contribution is -0.346. The average molecular weight is 515 g/mol. The molecule has 3 atom stereocenters. The van der Waals surface area contributed by atoms with Crippen molar-refractivity contribution in [2.75, 3.05) is 11.4 Å². The van der Waals surface area contributed by atoms with Gasteiger partial charge in [-0.3, -0.25) is 14.6 Å². The number of carbonyl (C=O) groups excluding carboxylic acids is 3. The summed E-state index contributed by atoms with van der Waals surface area (Å²) < 4.78 is 92.9. The van der Waals surface area contributed by atoms with Crippen LogP contribution in [-0.2, 0) is 9.59 Å². The van der Waals surface area contributed by atoms with Crippen LogP contribution >= 0.6 is 0 Å². The number of piperazine rings is 1. The van der Waals surface area contributed by atoms with E-state index in [9.17, 15) is 50.4 Å². The molecule has 3 aliphatic rings. The lowest BCUT2D eigenvalue weighted by Crippen LogP contribution is -2.64. The van der Waals surface area contributed by atoms with Crippen molar-refractivity contribution in [3.05, 3.63) is 36.0 Å². The number of amides is 4. The molecule has 2 bridgehead atoms. The van der Waals surface area contributed by atoms with Crippen molar-refractivity contribution in [2.24, 2.45) is 0 Å². The average Bonchev–Trinajstić information content (AvgIpc) is 3.48. The highest BCUT2D eigenvalue weighted by Crippen LogP contribution is 2.50. The van der Waals surface area contributed by atoms with Crippen LogP contribution in [0.25, 0.3) is 10.9 Å². The predicted octanol–water partition coefficient (Wildman–Crippen LogP) is 3.06. The zero-order valence-corrected chi connectivity index (χ0v) is 17.6. The Balaban J connectivity index is 1.50. The van der Waals surface area contributed by atoms with Crippen molar-refractivity contribution in [3.63, 3.8) is 0 Å². The van der Waals surface area contributed by atoms with Crippen molar-refractivity contribution in [1.82, 2.24) is 14.8 Å². The van der Waals surface area contributed by atoms with E-state index in [-0.39, 0.29) is 33.5 Å². The number of pyridine rings is 1. The number of hydrogen-bond acceptors (Lipinski definition) is 5. The number of imide groups is 1. The quantitative estimate of drug-likeness (QED) is 0.463. The molecule has 0 saturated carbocycles. The van der Waals surface area contributed by atoms with Crippen LogP contribution in [0.1, 0.15) is 12.0 Å². The van der Waals surface area contributed by atoms with Crippen LogP contribution in [0.2, 0.25) is 0 Å². The van der Waals surface area contributed by atoms with Gasteiger partial charge in [0.2, 0.25) is 0 Å². The number of halogens is 7. The summed E-state index contributed by atoms with van der Waals surface area (Å²) in [5, 5.41) is 9.52. The molecule has 0 radical (unpaired) electrons. The summed E-state index contributed by atoms with van der Waals surface area (Å²) in [5.74, 6) is -16.5. The molecule has 3 fully saturated rings. The Kier molecular flexibility index (Phi) is 4.80. The maximum atomic E-state index is 14.1. The van der Waals surface area contributed by atoms with Crippen LogP contribution in [-0.4, -0.2) is 75.3 Å². The van der Waals surface area contributed by atoms with E-state index in [2.05, 4.69) is 4.98 Å². The Labute approximate surface area is 196 Å². The SMILES string of the molecule is N#Cc1ccc(N2C(=O)[C@@H]3C4C[C@H](CN4C(=O)C(F)(F)C(F)(F)C(F)(F)F)N3C2=O)c2cccnc12. The third kappa shape index (κ3) is 2.86. The highest BCUT2D eigenvalue weighted by molar-refractivity contribution is 6.25. The van der Waals surface area contributed by atoms with Gasteiger partial charge in [0, 0.05) is 18.1 Å². The van der Waals surface area contributed by atoms with Gasteiger partial charge in [-0.1, -0.05) is 0 Å². The lowest BCUT2D eigenvalue weighted by atomic mass is 10.0. The van der Waals surface area contributed by atoms with Crippen molar-refractivity contribution < 1.29 is 45.1 Å². The van der Waals surface area contributed by atoms with Crippen LogP contribution in [0.5, 0.6) is 0 Å². The Morgan fingerprint density at radius 2 is 1.78 bits per heavy atom. The van der Waals surface area contributed by atoms with Gasteiger partial charge in [0.15, 0.2) is 0 Å². The summed E-state index contributed by atoms with van der Waals surface area (Å²) in [4.78, 5) is 44.6. The number of fused-ring (bicyclic) bond motifs is 6. The van der Waals surface area contributed by atoms with E-state index < -0.39 is 60.5 Å². The van der Waals surface area contributed by atoms with Crippen LogP contribution in [0, 0.1) is 11.3 Å². The summed E-state index contributed by atoms with van der Waals surface area (Å²) in [5.41, 5.74) is 0.310. The highest BCUT2D eigenvalue weighted by Gasteiger charge is 2.78. The number of nitriles is 1. The molecule has 15 heteroatoms. The molecule has 0 N–H and O–H groups in total. The third-order valence-corrected chi connectivity index (χ3v) is 6.65. The van der Waals surface area contributed by atoms with E-state index in [0.717, 1.165) is 4.90 Å². The zero-order valence-electron chi connectivity index (χ0n) is 17.6. The van der Waals surface area contributed by atoms with Crippen molar-refractivity contribution >= 4 is 34.4 Å². The number of anilines is 1. The third-order valence-electron chi connectivity index (χ3n) is 6.65. The summed E-state index contributed by atoms with van der Waals surface area (Å²) in [6.07, 6.45) is -5.57. The molecule has 3 aliphatic heterocycles. The van der Waals surface area contributed by atoms with Crippen LogP contribution in [0.4, 0.5) is 41.2 Å². The van der Waals surface area contributed by atoms with Crippen molar-refractivity contribution in [2.45, 2.75) is 42.6 Å². The Hall–Kier alpha value is -3.96. The molecule has 8 nitrogen and oxygen atoms in total. The normalized spacial score (nSPS) is 24.1. The molecule has 0 spiro atoms. The largest absolute Gasteiger partial charge is 0.460 e. The molecule has 1 aromatic carbocycles. The molecule has 188 valence electrons. The minimum atomic E-state index is -6.70. The molecule has 36 heavy (non-hydrogen) atoms. The summed E-state index contributed by atoms with van der Waals surface area (Å²) in [7, 11) is 0. The summed E-state index contributed by atoms with van der Waals surface area (Å²) >= 11 is 0. The van der Waals surface area contributed by atoms with Gasteiger partial charge in [-0.2, -0.15) is 36.0 Å². The molecule has 1 unspecified atom stereocenters. The second-order valence-electron chi connectivity index (χ2n) is 8.51. The van der Waals surface area contributed by atoms with E-state index in [1.165, 1.54) is 30.5 Å². The first-order valence-electron chi connectivity index (χ1n) is 10.3. The number of likely N-dealkylation sites (tertiary alicyclic amines) is 1. The number of alkyl halides is 7. The van der Waals surface area contributed by atoms with E-state index in [1.807, 2.05) is 6.07 Å². The van der Waals surface area contributed by atoms with Gasteiger partial charge in [-0.15, -0.1) is 0 Å². The van der Waals surface area contributed by atoms with E-state index in [0.29, 0.717) is 4.90 Å². The second-order valence-corrected chi connectivity index (χ2v) is 8.51. The molecular weight excluding hydrogens is 503 g/mol. The highest BCUT2D eigenvalue weighted by atomic mass is 19.4. The fourth-order valence-corrected chi connectivity index (χ4v) is 5.05. The fraction of sp³-hybridized carbons (Fsp3) is 0.381. The summed E-state index contributed by atoms with van der Waals surface area (Å²) in [6.45, 7) is -0.744. The van der Waals surface area contributed by atoms with E-state index >= 15 is 0 Å². The number of aromatic nitrogens is 1. The molecule has 3 saturated heterocycles. The zero-order chi connectivity index (χ0) is 26.4. The first kappa shape index (κ1) is 23.8. The Morgan fingerprint density at radius 3 is 2.42 bits per heavy atom. The van der Waals surface area contributed by atoms with Gasteiger partial charge < -0.3 is 9.80 Å². The standard InChI is InChI=1S/C21H12F7N5O3/c22-19(23,20(24,25)21(26,27)28)17(35)31-8-10-6-13(31)15-16(34)33(18(36)32(10)15)12-4-3-9(7-29)14-11(12)2-1-5-30-14/h1-5,10,13,15H,6,8H2/t10-,13?,15+/m1/s1. The fourth-order valence-electron chi connectivity index (χ4n) is 5.05. The number of benzene rings is 1. The van der Waals surface area contributed by atoms with Gasteiger partial charge in [0.1, 0.15) is 12.1 Å². The maximum Gasteiger partial charge on any atom is 0.460 e. The van der Waals surface area contributed by atoms with E-state index in [4.69, 9.17) is 0 Å². The van der Waals surface area contributed by atoms with E-state index in [1.54, 1.807) is 0 Å². The first-order chi connectivity index (χ1) is 16.7. The van der Waals surface area contributed by atoms with Gasteiger partial charge in [0.25, 0.3) is 11.8 Å². The van der Waals surface area contributed by atoms with Crippen LogP contribution < -0.4 is 4.90 Å². The minimum Gasteiger partial charge on any atom is -0.330 e. The molecular formula is C21H12F7N5O3. The second kappa shape index (κ2) is 7.28. The molecule has 5 rings (SSSR count). The summed E-state index contributed by atoms with van der Waals surface area (Å²) in [6, 6.07) is 2.45. The minimum absolute atomic E-state index is 0.00714. The number of hydrogen-bond donors (Lipinski definition) is 0. The first-order valence-corrected chi connectivity index (χ1v) is 10.3. The topological polar surface area (TPSA) is 97.6 Å². The van der Waals surface area contributed by atoms with Gasteiger partial charge >= 0.3 is 24.1 Å². The predicted molar refractivity (Wildman–Crippen MR) is 105 cm³/mol. The number of carbonyl (C=O) groups is 3. The van der Waals surface area contributed by atoms with Gasteiger partial charge in [0.05, 0.1) is 28.9 Å².